The maximum Gasteiger partial charge on any atom is 0.243 e. The first-order chi connectivity index (χ1) is 9.88. The van der Waals surface area contributed by atoms with Gasteiger partial charge >= 0.3 is 0 Å². The Bertz CT molecular complexity index is 584. The van der Waals surface area contributed by atoms with Crippen LogP contribution in [-0.2, 0) is 10.0 Å². The van der Waals surface area contributed by atoms with Gasteiger partial charge in [-0.3, -0.25) is 4.79 Å². The van der Waals surface area contributed by atoms with Crippen molar-refractivity contribution in [3.63, 3.8) is 0 Å². The maximum atomic E-state index is 12.7. The molecule has 0 bridgehead atoms. The van der Waals surface area contributed by atoms with Crippen LogP contribution >= 0.6 is 11.8 Å². The number of hydrogen-bond donors (Lipinski definition) is 0. The molecule has 0 saturated carbocycles. The summed E-state index contributed by atoms with van der Waals surface area (Å²) >= 11 is 1.63. The van der Waals surface area contributed by atoms with Gasteiger partial charge in [0.1, 0.15) is 0 Å². The molecule has 118 valence electrons. The lowest BCUT2D eigenvalue weighted by molar-refractivity contribution is 0.0988. The molecule has 21 heavy (non-hydrogen) atoms. The number of nitrogens with zero attached hydrogens (tertiary/aromatic N) is 1. The summed E-state index contributed by atoms with van der Waals surface area (Å²) < 4.78 is 26.8. The Morgan fingerprint density at radius 1 is 1.33 bits per heavy atom. The van der Waals surface area contributed by atoms with E-state index in [1.54, 1.807) is 43.9 Å². The Balaban J connectivity index is 3.15. The SMILES string of the molecule is CCC(=O)c1cccc(S(=O)(=O)N(C)C(CC)CSC)c1. The second-order valence-electron chi connectivity index (χ2n) is 4.84. The minimum absolute atomic E-state index is 0.0458. The highest BCUT2D eigenvalue weighted by Crippen LogP contribution is 2.21. The van der Waals surface area contributed by atoms with Gasteiger partial charge < -0.3 is 0 Å². The Labute approximate surface area is 132 Å². The molecule has 1 aromatic rings. The van der Waals surface area contributed by atoms with Crippen LogP contribution < -0.4 is 0 Å². The van der Waals surface area contributed by atoms with Gasteiger partial charge in [-0.25, -0.2) is 8.42 Å². The van der Waals surface area contributed by atoms with Gasteiger partial charge in [-0.05, 0) is 24.8 Å². The number of hydrogen-bond acceptors (Lipinski definition) is 4. The molecule has 0 aromatic heterocycles. The van der Waals surface area contributed by atoms with Crippen molar-refractivity contribution in [3.8, 4) is 0 Å². The summed E-state index contributed by atoms with van der Waals surface area (Å²) in [7, 11) is -1.96. The zero-order valence-electron chi connectivity index (χ0n) is 13.0. The molecule has 0 amide bonds. The van der Waals surface area contributed by atoms with Crippen molar-refractivity contribution in [2.24, 2.45) is 0 Å². The minimum atomic E-state index is -3.57. The molecule has 0 saturated heterocycles. The average Bonchev–Trinajstić information content (AvgIpc) is 2.51. The topological polar surface area (TPSA) is 54.5 Å². The largest absolute Gasteiger partial charge is 0.294 e. The van der Waals surface area contributed by atoms with Crippen molar-refractivity contribution in [1.82, 2.24) is 4.31 Å². The monoisotopic (exact) mass is 329 g/mol. The second-order valence-corrected chi connectivity index (χ2v) is 7.75. The summed E-state index contributed by atoms with van der Waals surface area (Å²) in [6.07, 6.45) is 3.08. The molecule has 1 rings (SSSR count). The molecule has 4 nitrogen and oxygen atoms in total. The van der Waals surface area contributed by atoms with Gasteiger partial charge in [0.05, 0.1) is 4.90 Å². The van der Waals surface area contributed by atoms with E-state index in [-0.39, 0.29) is 16.7 Å². The molecule has 0 spiro atoms. The van der Waals surface area contributed by atoms with E-state index >= 15 is 0 Å². The lowest BCUT2D eigenvalue weighted by Gasteiger charge is -2.26. The number of carbonyl (C=O) groups is 1. The number of benzene rings is 1. The lowest BCUT2D eigenvalue weighted by Crippen LogP contribution is -2.38. The number of ketones is 1. The number of rotatable bonds is 8. The van der Waals surface area contributed by atoms with E-state index in [2.05, 4.69) is 0 Å². The van der Waals surface area contributed by atoms with Crippen LogP contribution in [0.5, 0.6) is 0 Å². The lowest BCUT2D eigenvalue weighted by atomic mass is 10.1. The second kappa shape index (κ2) is 7.96. The summed E-state index contributed by atoms with van der Waals surface area (Å²) in [5.41, 5.74) is 0.449. The molecule has 1 atom stereocenters. The van der Waals surface area contributed by atoms with Crippen LogP contribution in [0, 0.1) is 0 Å². The first-order valence-corrected chi connectivity index (χ1v) is 9.82. The summed E-state index contributed by atoms with van der Waals surface area (Å²) in [5.74, 6) is 0.700. The third-order valence-corrected chi connectivity index (χ3v) is 6.12. The number of thioether (sulfide) groups is 1. The van der Waals surface area contributed by atoms with Gasteiger partial charge in [-0.2, -0.15) is 16.1 Å². The van der Waals surface area contributed by atoms with Crippen LogP contribution in [-0.4, -0.2) is 43.6 Å². The molecular formula is C15H23NO3S2. The van der Waals surface area contributed by atoms with Crippen molar-refractivity contribution in [1.29, 1.82) is 0 Å². The van der Waals surface area contributed by atoms with Crippen LogP contribution in [0.4, 0.5) is 0 Å². The normalized spacial score (nSPS) is 13.4. The first-order valence-electron chi connectivity index (χ1n) is 6.98. The quantitative estimate of drug-likeness (QED) is 0.688. The van der Waals surface area contributed by atoms with Gasteiger partial charge in [0.2, 0.25) is 10.0 Å². The van der Waals surface area contributed by atoms with Gasteiger partial charge in [-0.1, -0.05) is 26.0 Å². The van der Waals surface area contributed by atoms with Crippen molar-refractivity contribution >= 4 is 27.6 Å². The van der Waals surface area contributed by atoms with E-state index in [0.29, 0.717) is 12.0 Å². The fourth-order valence-corrected chi connectivity index (χ4v) is 4.48. The fraction of sp³-hybridized carbons (Fsp3) is 0.533. The smallest absolute Gasteiger partial charge is 0.243 e. The molecule has 6 heteroatoms. The molecule has 0 aliphatic heterocycles. The summed E-state index contributed by atoms with van der Waals surface area (Å²) in [6, 6.07) is 6.26. The first kappa shape index (κ1) is 18.2. The molecule has 1 aromatic carbocycles. The zero-order chi connectivity index (χ0) is 16.0. The molecular weight excluding hydrogens is 306 g/mol. The number of sulfonamides is 1. The van der Waals surface area contributed by atoms with Crippen molar-refractivity contribution in [3.05, 3.63) is 29.8 Å². The number of carbonyl (C=O) groups excluding carboxylic acids is 1. The summed E-state index contributed by atoms with van der Waals surface area (Å²) in [4.78, 5) is 11.9. The van der Waals surface area contributed by atoms with E-state index in [1.807, 2.05) is 13.2 Å². The number of Topliss-reactive ketones (excluding diaryl/α,β-unsaturated/α-hetero) is 1. The van der Waals surface area contributed by atoms with Crippen LogP contribution in [0.25, 0.3) is 0 Å². The molecule has 0 aliphatic carbocycles. The van der Waals surface area contributed by atoms with E-state index in [4.69, 9.17) is 0 Å². The molecule has 0 aliphatic rings. The van der Waals surface area contributed by atoms with E-state index in [9.17, 15) is 13.2 Å². The third kappa shape index (κ3) is 4.31. The van der Waals surface area contributed by atoms with Gasteiger partial charge in [0.15, 0.2) is 5.78 Å². The predicted octanol–water partition coefficient (Wildman–Crippen LogP) is 3.04. The minimum Gasteiger partial charge on any atom is -0.294 e. The summed E-state index contributed by atoms with van der Waals surface area (Å²) in [5, 5.41) is 0. The molecule has 0 fully saturated rings. The Hall–Kier alpha value is -0.850. The highest BCUT2D eigenvalue weighted by molar-refractivity contribution is 7.98. The molecule has 1 unspecified atom stereocenters. The van der Waals surface area contributed by atoms with E-state index < -0.39 is 10.0 Å². The summed E-state index contributed by atoms with van der Waals surface area (Å²) in [6.45, 7) is 3.74. The van der Waals surface area contributed by atoms with E-state index in [1.165, 1.54) is 10.4 Å². The van der Waals surface area contributed by atoms with E-state index in [0.717, 1.165) is 12.2 Å². The predicted molar refractivity (Wildman–Crippen MR) is 88.5 cm³/mol. The Morgan fingerprint density at radius 3 is 2.52 bits per heavy atom. The standard InChI is InChI=1S/C15H23NO3S2/c1-5-13(11-20-4)16(3)21(18,19)14-9-7-8-12(10-14)15(17)6-2/h7-10,13H,5-6,11H2,1-4H3. The Morgan fingerprint density at radius 2 is 2.00 bits per heavy atom. The fourth-order valence-electron chi connectivity index (χ4n) is 2.07. The van der Waals surface area contributed by atoms with Gasteiger partial charge in [0, 0.05) is 30.8 Å². The van der Waals surface area contributed by atoms with Crippen LogP contribution in [0.15, 0.2) is 29.2 Å². The van der Waals surface area contributed by atoms with Crippen molar-refractivity contribution in [2.45, 2.75) is 37.6 Å². The molecule has 0 N–H and O–H groups in total. The molecule has 0 radical (unpaired) electrons. The molecule has 0 heterocycles. The zero-order valence-corrected chi connectivity index (χ0v) is 14.6. The Kier molecular flexibility index (Phi) is 6.90. The van der Waals surface area contributed by atoms with Gasteiger partial charge in [-0.15, -0.1) is 0 Å². The highest BCUT2D eigenvalue weighted by atomic mass is 32.2. The van der Waals surface area contributed by atoms with Crippen LogP contribution in [0.2, 0.25) is 0 Å². The van der Waals surface area contributed by atoms with Gasteiger partial charge in [0.25, 0.3) is 0 Å². The van der Waals surface area contributed by atoms with Crippen LogP contribution in [0.3, 0.4) is 0 Å². The maximum absolute atomic E-state index is 12.7. The average molecular weight is 329 g/mol. The third-order valence-electron chi connectivity index (χ3n) is 3.50. The van der Waals surface area contributed by atoms with Crippen molar-refractivity contribution in [2.75, 3.05) is 19.1 Å². The highest BCUT2D eigenvalue weighted by Gasteiger charge is 2.27. The van der Waals surface area contributed by atoms with Crippen LogP contribution in [0.1, 0.15) is 37.0 Å². The van der Waals surface area contributed by atoms with Crippen molar-refractivity contribution < 1.29 is 13.2 Å².